The zero-order valence-electron chi connectivity index (χ0n) is 15.4. The molecule has 2 aliphatic rings. The molecule has 3 unspecified atom stereocenters. The lowest BCUT2D eigenvalue weighted by Crippen LogP contribution is -2.50. The van der Waals surface area contributed by atoms with E-state index in [1.807, 2.05) is 11.0 Å². The van der Waals surface area contributed by atoms with E-state index in [-0.39, 0.29) is 24.7 Å². The molecule has 25 heavy (non-hydrogen) atoms. The molecule has 5 nitrogen and oxygen atoms in total. The van der Waals surface area contributed by atoms with Gasteiger partial charge < -0.3 is 20.2 Å². The van der Waals surface area contributed by atoms with Gasteiger partial charge in [-0.1, -0.05) is 24.3 Å². The number of aliphatic hydroxyl groups is 1. The van der Waals surface area contributed by atoms with E-state index < -0.39 is 0 Å². The van der Waals surface area contributed by atoms with Gasteiger partial charge in [0.25, 0.3) is 0 Å². The maximum atomic E-state index is 13.0. The van der Waals surface area contributed by atoms with Crippen LogP contribution in [0.5, 0.6) is 0 Å². The van der Waals surface area contributed by atoms with E-state index in [2.05, 4.69) is 42.5 Å². The molecule has 2 N–H and O–H groups in total. The molecule has 0 bridgehead atoms. The minimum atomic E-state index is -0.0276. The number of nitrogens with zero attached hydrogens (tertiary/aromatic N) is 2. The minimum absolute atomic E-state index is 0.00290. The number of hydrogen-bond acceptors (Lipinski definition) is 3. The number of amides is 2. The van der Waals surface area contributed by atoms with Crippen LogP contribution in [-0.2, 0) is 6.42 Å². The topological polar surface area (TPSA) is 55.8 Å². The molecule has 1 saturated carbocycles. The molecule has 0 saturated heterocycles. The normalized spacial score (nSPS) is 25.7. The molecule has 2 aliphatic carbocycles. The van der Waals surface area contributed by atoms with Crippen LogP contribution in [-0.4, -0.2) is 60.3 Å². The highest BCUT2D eigenvalue weighted by Crippen LogP contribution is 2.35. The SMILES string of the molecule is CN(C)C1CCCC(NC(=O)N(CCO)C2CCc3ccccc32)C1. The van der Waals surface area contributed by atoms with Gasteiger partial charge >= 0.3 is 6.03 Å². The lowest BCUT2D eigenvalue weighted by atomic mass is 9.90. The van der Waals surface area contributed by atoms with Crippen LogP contribution in [0.25, 0.3) is 0 Å². The number of hydrogen-bond donors (Lipinski definition) is 2. The second-order valence-electron chi connectivity index (χ2n) is 7.60. The molecule has 2 amide bonds. The predicted molar refractivity (Wildman–Crippen MR) is 99.6 cm³/mol. The van der Waals surface area contributed by atoms with Crippen molar-refractivity contribution in [2.45, 2.75) is 56.7 Å². The van der Waals surface area contributed by atoms with E-state index in [1.54, 1.807) is 0 Å². The van der Waals surface area contributed by atoms with Crippen molar-refractivity contribution in [1.29, 1.82) is 0 Å². The molecule has 1 aromatic carbocycles. The Labute approximate surface area is 151 Å². The first-order chi connectivity index (χ1) is 12.1. The summed E-state index contributed by atoms with van der Waals surface area (Å²) >= 11 is 0. The number of rotatable bonds is 5. The number of carbonyl (C=O) groups is 1. The standard InChI is InChI=1S/C20H31N3O2/c1-22(2)17-8-5-7-16(14-17)21-20(25)23(12-13-24)19-11-10-15-6-3-4-9-18(15)19/h3-4,6,9,16-17,19,24H,5,7-8,10-14H2,1-2H3,(H,21,25). The van der Waals surface area contributed by atoms with Crippen LogP contribution in [0.1, 0.15) is 49.3 Å². The highest BCUT2D eigenvalue weighted by molar-refractivity contribution is 5.75. The van der Waals surface area contributed by atoms with E-state index in [4.69, 9.17) is 0 Å². The Kier molecular flexibility index (Phi) is 5.97. The molecule has 0 aliphatic heterocycles. The Morgan fingerprint density at radius 2 is 2.04 bits per heavy atom. The highest BCUT2D eigenvalue weighted by Gasteiger charge is 2.32. The van der Waals surface area contributed by atoms with Crippen molar-refractivity contribution >= 4 is 6.03 Å². The molecule has 0 aromatic heterocycles. The molecule has 138 valence electrons. The smallest absolute Gasteiger partial charge is 0.318 e. The number of aryl methyl sites for hydroxylation is 1. The maximum Gasteiger partial charge on any atom is 0.318 e. The molecule has 1 fully saturated rings. The predicted octanol–water partition coefficient (Wildman–Crippen LogP) is 2.55. The average Bonchev–Trinajstić information content (AvgIpc) is 3.03. The van der Waals surface area contributed by atoms with Gasteiger partial charge in [0.15, 0.2) is 0 Å². The van der Waals surface area contributed by atoms with Crippen molar-refractivity contribution in [3.63, 3.8) is 0 Å². The third kappa shape index (κ3) is 4.15. The number of carbonyl (C=O) groups excluding carboxylic acids is 1. The highest BCUT2D eigenvalue weighted by atomic mass is 16.3. The van der Waals surface area contributed by atoms with Gasteiger partial charge in [-0.2, -0.15) is 0 Å². The maximum absolute atomic E-state index is 13.0. The second-order valence-corrected chi connectivity index (χ2v) is 7.60. The largest absolute Gasteiger partial charge is 0.395 e. The van der Waals surface area contributed by atoms with Crippen molar-refractivity contribution in [3.8, 4) is 0 Å². The number of fused-ring (bicyclic) bond motifs is 1. The summed E-state index contributed by atoms with van der Waals surface area (Å²) in [6.45, 7) is 0.381. The van der Waals surface area contributed by atoms with Crippen LogP contribution in [0.3, 0.4) is 0 Å². The lowest BCUT2D eigenvalue weighted by Gasteiger charge is -2.36. The summed E-state index contributed by atoms with van der Waals surface area (Å²) < 4.78 is 0. The van der Waals surface area contributed by atoms with Crippen molar-refractivity contribution in [2.24, 2.45) is 0 Å². The Balaban J connectivity index is 1.68. The van der Waals surface area contributed by atoms with Crippen molar-refractivity contribution in [2.75, 3.05) is 27.2 Å². The molecule has 3 atom stereocenters. The molecule has 5 heteroatoms. The van der Waals surface area contributed by atoms with E-state index >= 15 is 0 Å². The van der Waals surface area contributed by atoms with Crippen LogP contribution < -0.4 is 5.32 Å². The van der Waals surface area contributed by atoms with E-state index in [0.717, 1.165) is 32.1 Å². The number of aliphatic hydroxyl groups excluding tert-OH is 1. The fourth-order valence-corrected chi connectivity index (χ4v) is 4.39. The third-order valence-electron chi connectivity index (χ3n) is 5.78. The van der Waals surface area contributed by atoms with Gasteiger partial charge in [-0.05, 0) is 63.7 Å². The van der Waals surface area contributed by atoms with Crippen LogP contribution in [0.15, 0.2) is 24.3 Å². The van der Waals surface area contributed by atoms with Gasteiger partial charge in [0.05, 0.1) is 12.6 Å². The minimum Gasteiger partial charge on any atom is -0.395 e. The summed E-state index contributed by atoms with van der Waals surface area (Å²) in [5.74, 6) is 0. The van der Waals surface area contributed by atoms with E-state index in [9.17, 15) is 9.90 Å². The molecule has 0 spiro atoms. The average molecular weight is 345 g/mol. The van der Waals surface area contributed by atoms with Gasteiger partial charge in [-0.3, -0.25) is 0 Å². The first kappa shape index (κ1) is 18.2. The third-order valence-corrected chi connectivity index (χ3v) is 5.78. The zero-order chi connectivity index (χ0) is 17.8. The number of nitrogens with one attached hydrogen (secondary N) is 1. The molecular weight excluding hydrogens is 314 g/mol. The summed E-state index contributed by atoms with van der Waals surface area (Å²) in [4.78, 5) is 17.1. The van der Waals surface area contributed by atoms with Gasteiger partial charge in [0.1, 0.15) is 0 Å². The van der Waals surface area contributed by atoms with Crippen molar-refractivity contribution in [3.05, 3.63) is 35.4 Å². The molecule has 1 aromatic rings. The van der Waals surface area contributed by atoms with Crippen LogP contribution in [0.4, 0.5) is 4.79 Å². The summed E-state index contributed by atoms with van der Waals surface area (Å²) in [5, 5.41) is 12.7. The lowest BCUT2D eigenvalue weighted by molar-refractivity contribution is 0.140. The fourth-order valence-electron chi connectivity index (χ4n) is 4.39. The first-order valence-electron chi connectivity index (χ1n) is 9.52. The van der Waals surface area contributed by atoms with Gasteiger partial charge in [0, 0.05) is 18.6 Å². The van der Waals surface area contributed by atoms with Crippen molar-refractivity contribution < 1.29 is 9.90 Å². The molecule has 3 rings (SSSR count). The van der Waals surface area contributed by atoms with E-state index in [1.165, 1.54) is 17.5 Å². The van der Waals surface area contributed by atoms with E-state index in [0.29, 0.717) is 12.6 Å². The van der Waals surface area contributed by atoms with Crippen molar-refractivity contribution in [1.82, 2.24) is 15.1 Å². The Hall–Kier alpha value is -1.59. The van der Waals surface area contributed by atoms with Crippen LogP contribution in [0.2, 0.25) is 0 Å². The Morgan fingerprint density at radius 3 is 2.80 bits per heavy atom. The Morgan fingerprint density at radius 1 is 1.24 bits per heavy atom. The van der Waals surface area contributed by atoms with Crippen LogP contribution >= 0.6 is 0 Å². The summed E-state index contributed by atoms with van der Waals surface area (Å²) in [6.07, 6.45) is 6.35. The van der Waals surface area contributed by atoms with Gasteiger partial charge in [0.2, 0.25) is 0 Å². The monoisotopic (exact) mass is 345 g/mol. The molecular formula is C20H31N3O2. The quantitative estimate of drug-likeness (QED) is 0.862. The first-order valence-corrected chi connectivity index (χ1v) is 9.52. The molecule has 0 radical (unpaired) electrons. The number of benzene rings is 1. The zero-order valence-corrected chi connectivity index (χ0v) is 15.4. The van der Waals surface area contributed by atoms with Crippen LogP contribution in [0, 0.1) is 0 Å². The fraction of sp³-hybridized carbons (Fsp3) is 0.650. The summed E-state index contributed by atoms with van der Waals surface area (Å²) in [5.41, 5.74) is 2.56. The molecule has 0 heterocycles. The summed E-state index contributed by atoms with van der Waals surface area (Å²) in [6, 6.07) is 9.18. The van der Waals surface area contributed by atoms with Gasteiger partial charge in [-0.25, -0.2) is 4.79 Å². The second kappa shape index (κ2) is 8.19. The Bertz CT molecular complexity index is 590. The number of urea groups is 1. The van der Waals surface area contributed by atoms with Gasteiger partial charge in [-0.15, -0.1) is 0 Å². The summed E-state index contributed by atoms with van der Waals surface area (Å²) in [7, 11) is 4.23.